The SMILES string of the molecule is C=c1cnc(NCC(C)F)n/c1=C(/N=C\C)Nc1ccc(Cc2ccc(C)c(F)c2)c(C)c1.CC.CC=NC. The first kappa shape index (κ1) is 33.1. The molecule has 39 heavy (non-hydrogen) atoms. The molecule has 3 rings (SSSR count). The summed E-state index contributed by atoms with van der Waals surface area (Å²) in [7, 11) is 1.75. The van der Waals surface area contributed by atoms with Crippen molar-refractivity contribution in [1.29, 1.82) is 0 Å². The minimum absolute atomic E-state index is 0.112. The maximum absolute atomic E-state index is 13.9. The largest absolute Gasteiger partial charge is 0.351 e. The zero-order chi connectivity index (χ0) is 29.4. The molecule has 1 unspecified atom stereocenters. The Morgan fingerprint density at radius 1 is 1.08 bits per heavy atom. The normalized spacial score (nSPS) is 12.3. The number of nitrogens with zero attached hydrogens (tertiary/aromatic N) is 4. The molecule has 210 valence electrons. The summed E-state index contributed by atoms with van der Waals surface area (Å²) in [5, 5.41) is 7.30. The fourth-order valence-electron chi connectivity index (χ4n) is 3.29. The molecule has 0 saturated carbocycles. The van der Waals surface area contributed by atoms with Crippen LogP contribution in [-0.4, -0.2) is 42.2 Å². The zero-order valence-electron chi connectivity index (χ0n) is 24.4. The summed E-state index contributed by atoms with van der Waals surface area (Å²) in [5.41, 5.74) is 4.57. The molecule has 2 aromatic carbocycles. The van der Waals surface area contributed by atoms with Gasteiger partial charge in [0.1, 0.15) is 17.3 Å². The van der Waals surface area contributed by atoms with E-state index in [9.17, 15) is 8.78 Å². The van der Waals surface area contributed by atoms with Gasteiger partial charge in [0.05, 0.1) is 0 Å². The molecule has 0 saturated heterocycles. The lowest BCUT2D eigenvalue weighted by atomic mass is 9.99. The quantitative estimate of drug-likeness (QED) is 0.346. The van der Waals surface area contributed by atoms with Gasteiger partial charge in [0.25, 0.3) is 0 Å². The molecule has 0 radical (unpaired) electrons. The van der Waals surface area contributed by atoms with Gasteiger partial charge in [0.15, 0.2) is 5.82 Å². The molecule has 0 bridgehead atoms. The number of aromatic nitrogens is 2. The molecule has 3 aromatic rings. The van der Waals surface area contributed by atoms with Gasteiger partial charge in [-0.2, -0.15) is 0 Å². The lowest BCUT2D eigenvalue weighted by Crippen LogP contribution is -2.33. The predicted octanol–water partition coefficient (Wildman–Crippen LogP) is 6.01. The van der Waals surface area contributed by atoms with Crippen LogP contribution in [0, 0.1) is 19.7 Å². The second-order valence-corrected chi connectivity index (χ2v) is 8.51. The van der Waals surface area contributed by atoms with Crippen molar-refractivity contribution in [3.63, 3.8) is 0 Å². The van der Waals surface area contributed by atoms with E-state index in [-0.39, 0.29) is 12.4 Å². The maximum atomic E-state index is 13.9. The Bertz CT molecular complexity index is 1350. The van der Waals surface area contributed by atoms with Crippen LogP contribution in [0.1, 0.15) is 56.9 Å². The summed E-state index contributed by atoms with van der Waals surface area (Å²) in [6, 6.07) is 11.3. The van der Waals surface area contributed by atoms with E-state index in [1.165, 1.54) is 6.92 Å². The summed E-state index contributed by atoms with van der Waals surface area (Å²) in [5.74, 6) is 0.627. The third-order valence-corrected chi connectivity index (χ3v) is 5.38. The Morgan fingerprint density at radius 3 is 2.33 bits per heavy atom. The number of hydrogen-bond donors (Lipinski definition) is 2. The number of aliphatic imine (C=N–C) groups is 2. The van der Waals surface area contributed by atoms with E-state index in [0.29, 0.717) is 34.3 Å². The highest BCUT2D eigenvalue weighted by Crippen LogP contribution is 2.21. The van der Waals surface area contributed by atoms with E-state index in [4.69, 9.17) is 0 Å². The molecule has 1 heterocycles. The molecular formula is C31H42F2N6. The summed E-state index contributed by atoms with van der Waals surface area (Å²) in [4.78, 5) is 16.7. The highest BCUT2D eigenvalue weighted by atomic mass is 19.1. The van der Waals surface area contributed by atoms with Gasteiger partial charge in [-0.15, -0.1) is 0 Å². The highest BCUT2D eigenvalue weighted by molar-refractivity contribution is 5.71. The zero-order valence-corrected chi connectivity index (χ0v) is 24.4. The van der Waals surface area contributed by atoms with Crippen LogP contribution in [0.4, 0.5) is 20.4 Å². The molecule has 1 atom stereocenters. The van der Waals surface area contributed by atoms with Gasteiger partial charge in [-0.05, 0) is 87.7 Å². The molecule has 0 spiro atoms. The number of anilines is 2. The second-order valence-electron chi connectivity index (χ2n) is 8.51. The lowest BCUT2D eigenvalue weighted by molar-refractivity contribution is 0.378. The Morgan fingerprint density at radius 2 is 1.77 bits per heavy atom. The topological polar surface area (TPSA) is 74.6 Å². The van der Waals surface area contributed by atoms with E-state index < -0.39 is 6.17 Å². The van der Waals surface area contributed by atoms with Crippen molar-refractivity contribution in [2.24, 2.45) is 9.98 Å². The van der Waals surface area contributed by atoms with Crippen molar-refractivity contribution < 1.29 is 8.78 Å². The summed E-state index contributed by atoms with van der Waals surface area (Å²) < 4.78 is 27.1. The van der Waals surface area contributed by atoms with Crippen LogP contribution < -0.4 is 21.2 Å². The van der Waals surface area contributed by atoms with E-state index in [1.807, 2.05) is 58.9 Å². The first-order chi connectivity index (χ1) is 18.7. The van der Waals surface area contributed by atoms with Crippen LogP contribution in [0.2, 0.25) is 0 Å². The van der Waals surface area contributed by atoms with Crippen LogP contribution in [0.25, 0.3) is 12.4 Å². The number of rotatable bonds is 8. The van der Waals surface area contributed by atoms with Crippen LogP contribution in [0.15, 0.2) is 52.6 Å². The third-order valence-electron chi connectivity index (χ3n) is 5.38. The average Bonchev–Trinajstić information content (AvgIpc) is 2.92. The minimum atomic E-state index is -1.02. The Hall–Kier alpha value is -3.94. The van der Waals surface area contributed by atoms with Crippen LogP contribution >= 0.6 is 0 Å². The number of hydrogen-bond acceptors (Lipinski definition) is 6. The van der Waals surface area contributed by atoms with Gasteiger partial charge in [0.2, 0.25) is 5.95 Å². The van der Waals surface area contributed by atoms with Gasteiger partial charge in [0, 0.05) is 36.9 Å². The van der Waals surface area contributed by atoms with Crippen LogP contribution in [0.3, 0.4) is 0 Å². The van der Waals surface area contributed by atoms with Gasteiger partial charge < -0.3 is 15.6 Å². The number of halogens is 2. The van der Waals surface area contributed by atoms with Crippen LogP contribution in [-0.2, 0) is 6.42 Å². The van der Waals surface area contributed by atoms with E-state index in [1.54, 1.807) is 44.7 Å². The molecule has 6 nitrogen and oxygen atoms in total. The van der Waals surface area contributed by atoms with Crippen molar-refractivity contribution >= 4 is 36.5 Å². The average molecular weight is 537 g/mol. The standard InChI is InChI=1S/C26H29F2N5.C3H7N.C2H6/c1-6-29-25(24-18(4)14-30-26(33-24)31-15-19(5)27)32-22-10-9-21(17(3)11-22)12-20-8-7-16(2)23(28)13-20;1-3-4-2;1-2/h6-11,13-14,19,32H,4,12,15H2,1-3,5H3,(H,31,33);3H,1-2H3;1-2H3/b25-24-,29-6-;;. The third kappa shape index (κ3) is 11.1. The maximum Gasteiger partial charge on any atom is 0.223 e. The van der Waals surface area contributed by atoms with Crippen molar-refractivity contribution in [3.8, 4) is 0 Å². The molecule has 0 amide bonds. The fraction of sp³-hybridized carbons (Fsp3) is 0.355. The molecule has 0 aliphatic carbocycles. The molecule has 2 N–H and O–H groups in total. The number of alkyl halides is 1. The van der Waals surface area contributed by atoms with Crippen LogP contribution in [0.5, 0.6) is 0 Å². The summed E-state index contributed by atoms with van der Waals surface area (Å²) in [6.07, 6.45) is 4.61. The highest BCUT2D eigenvalue weighted by Gasteiger charge is 2.07. The molecule has 0 fully saturated rings. The molecular weight excluding hydrogens is 494 g/mol. The molecule has 0 aliphatic rings. The predicted molar refractivity (Wildman–Crippen MR) is 164 cm³/mol. The van der Waals surface area contributed by atoms with Gasteiger partial charge >= 0.3 is 0 Å². The molecule has 1 aromatic heterocycles. The molecule has 8 heteroatoms. The lowest BCUT2D eigenvalue weighted by Gasteiger charge is -2.12. The Kier molecular flexibility index (Phi) is 14.9. The number of nitrogens with one attached hydrogen (secondary N) is 2. The number of aryl methyl sites for hydroxylation is 2. The molecule has 0 aliphatic heterocycles. The fourth-order valence-corrected chi connectivity index (χ4v) is 3.29. The van der Waals surface area contributed by atoms with Gasteiger partial charge in [-0.3, -0.25) is 0 Å². The first-order valence-electron chi connectivity index (χ1n) is 13.1. The van der Waals surface area contributed by atoms with E-state index in [0.717, 1.165) is 22.4 Å². The van der Waals surface area contributed by atoms with Crippen molar-refractivity contribution in [1.82, 2.24) is 9.97 Å². The summed E-state index contributed by atoms with van der Waals surface area (Å²) in [6.45, 7) is 17.1. The van der Waals surface area contributed by atoms with Gasteiger partial charge in [-0.1, -0.05) is 38.6 Å². The van der Waals surface area contributed by atoms with E-state index in [2.05, 4.69) is 37.2 Å². The minimum Gasteiger partial charge on any atom is -0.351 e. The van der Waals surface area contributed by atoms with Crippen molar-refractivity contribution in [2.75, 3.05) is 24.2 Å². The second kappa shape index (κ2) is 17.5. The van der Waals surface area contributed by atoms with Crippen molar-refractivity contribution in [3.05, 3.63) is 81.2 Å². The Labute approximate surface area is 231 Å². The Balaban J connectivity index is 0.00000116. The smallest absolute Gasteiger partial charge is 0.223 e. The van der Waals surface area contributed by atoms with E-state index >= 15 is 0 Å². The monoisotopic (exact) mass is 536 g/mol. The van der Waals surface area contributed by atoms with Gasteiger partial charge in [-0.25, -0.2) is 23.7 Å². The van der Waals surface area contributed by atoms with Crippen molar-refractivity contribution in [2.45, 2.75) is 61.1 Å². The first-order valence-corrected chi connectivity index (χ1v) is 13.1. The number of benzene rings is 2. The summed E-state index contributed by atoms with van der Waals surface area (Å²) >= 11 is 0.